The van der Waals surface area contributed by atoms with Crippen molar-refractivity contribution in [3.8, 4) is 0 Å². The number of amides is 1. The minimum atomic E-state index is -1.14. The lowest BCUT2D eigenvalue weighted by atomic mass is 10.1. The van der Waals surface area contributed by atoms with Crippen molar-refractivity contribution >= 4 is 51.2 Å². The second kappa shape index (κ2) is 7.31. The number of nitrogens with one attached hydrogen (secondary N) is 1. The second-order valence-corrected chi connectivity index (χ2v) is 7.91. The molecule has 1 saturated heterocycles. The lowest BCUT2D eigenvalue weighted by Crippen LogP contribution is -2.49. The first kappa shape index (κ1) is 19.4. The molecule has 31 heavy (non-hydrogen) atoms. The van der Waals surface area contributed by atoms with E-state index in [0.717, 1.165) is 17.0 Å². The van der Waals surface area contributed by atoms with Crippen molar-refractivity contribution in [2.45, 2.75) is 6.92 Å². The summed E-state index contributed by atoms with van der Waals surface area (Å²) in [5.41, 5.74) is 3.36. The quantitative estimate of drug-likeness (QED) is 0.502. The van der Waals surface area contributed by atoms with Crippen LogP contribution in [0, 0.1) is 6.92 Å². The lowest BCUT2D eigenvalue weighted by Gasteiger charge is -2.36. The number of carboxylic acids is 1. The average molecular weight is 439 g/mol. The lowest BCUT2D eigenvalue weighted by molar-refractivity contribution is 0.0664. The molecule has 2 aromatic heterocycles. The average Bonchev–Trinajstić information content (AvgIpc) is 3.37. The molecule has 2 N–H and O–H groups in total. The van der Waals surface area contributed by atoms with Crippen LogP contribution in [0.1, 0.15) is 26.7 Å². The second-order valence-electron chi connectivity index (χ2n) is 7.53. The summed E-state index contributed by atoms with van der Waals surface area (Å²) in [6.07, 6.45) is 0. The summed E-state index contributed by atoms with van der Waals surface area (Å²) in [4.78, 5) is 35.9. The molecule has 9 heteroatoms. The Labute approximate surface area is 182 Å². The maximum atomic E-state index is 13.1. The number of fused-ring (bicyclic) bond motifs is 2. The number of imidazole rings is 1. The molecule has 0 radical (unpaired) electrons. The number of piperazine rings is 1. The normalized spacial score (nSPS) is 14.5. The van der Waals surface area contributed by atoms with Gasteiger partial charge in [0.05, 0.1) is 21.8 Å². The van der Waals surface area contributed by atoms with E-state index in [0.29, 0.717) is 53.3 Å². The summed E-state index contributed by atoms with van der Waals surface area (Å²) in [5.74, 6) is -0.551. The first-order chi connectivity index (χ1) is 14.9. The van der Waals surface area contributed by atoms with E-state index in [1.165, 1.54) is 6.07 Å². The Kier molecular flexibility index (Phi) is 4.59. The number of carbonyl (C=O) groups excluding carboxylic acids is 1. The van der Waals surface area contributed by atoms with Crippen LogP contribution in [-0.4, -0.2) is 58.0 Å². The number of rotatable bonds is 3. The van der Waals surface area contributed by atoms with Crippen molar-refractivity contribution in [3.63, 3.8) is 0 Å². The first-order valence-electron chi connectivity index (χ1n) is 9.87. The Morgan fingerprint density at radius 3 is 2.68 bits per heavy atom. The van der Waals surface area contributed by atoms with Gasteiger partial charge in [0.25, 0.3) is 5.91 Å². The largest absolute Gasteiger partial charge is 0.475 e. The highest BCUT2D eigenvalue weighted by molar-refractivity contribution is 6.38. The molecule has 0 unspecified atom stereocenters. The molecule has 1 aliphatic rings. The molecular weight excluding hydrogens is 420 g/mol. The molecule has 5 rings (SSSR count). The van der Waals surface area contributed by atoms with Crippen molar-refractivity contribution in [3.05, 3.63) is 58.6 Å². The van der Waals surface area contributed by atoms with E-state index in [9.17, 15) is 9.59 Å². The van der Waals surface area contributed by atoms with Crippen LogP contribution in [0.3, 0.4) is 0 Å². The highest BCUT2D eigenvalue weighted by atomic mass is 35.5. The molecule has 2 aromatic carbocycles. The number of hydrogen-bond acceptors (Lipinski definition) is 5. The zero-order valence-electron chi connectivity index (χ0n) is 16.7. The fourth-order valence-electron chi connectivity index (χ4n) is 4.06. The Balaban J connectivity index is 1.36. The van der Waals surface area contributed by atoms with Gasteiger partial charge in [0.15, 0.2) is 0 Å². The standard InChI is InChI=1S/C22H19ClN4O4/c1-12-24-15-4-2-3-13(20(15)25-12)21(28)27-9-7-26(8-10-27)16-5-6-17-14(19(16)23)11-18(31-17)22(29)30/h2-6,11H,7-10H2,1H3,(H,24,25)(H,29,30). The number of furan rings is 1. The predicted molar refractivity (Wildman–Crippen MR) is 117 cm³/mol. The fraction of sp³-hybridized carbons (Fsp3) is 0.227. The molecule has 0 spiro atoms. The van der Waals surface area contributed by atoms with Crippen LogP contribution in [0.25, 0.3) is 22.0 Å². The maximum Gasteiger partial charge on any atom is 0.371 e. The van der Waals surface area contributed by atoms with E-state index >= 15 is 0 Å². The van der Waals surface area contributed by atoms with Crippen molar-refractivity contribution in [2.75, 3.05) is 31.1 Å². The minimum Gasteiger partial charge on any atom is -0.475 e. The van der Waals surface area contributed by atoms with Gasteiger partial charge in [-0.2, -0.15) is 0 Å². The Morgan fingerprint density at radius 1 is 1.16 bits per heavy atom. The molecule has 1 amide bonds. The number of carboxylic acid groups (broad SMARTS) is 1. The van der Waals surface area contributed by atoms with E-state index in [4.69, 9.17) is 21.1 Å². The van der Waals surface area contributed by atoms with Gasteiger partial charge in [-0.05, 0) is 31.2 Å². The van der Waals surface area contributed by atoms with E-state index in [-0.39, 0.29) is 11.7 Å². The van der Waals surface area contributed by atoms with Crippen LogP contribution in [0.15, 0.2) is 40.8 Å². The van der Waals surface area contributed by atoms with E-state index < -0.39 is 5.97 Å². The fourth-order valence-corrected chi connectivity index (χ4v) is 4.39. The number of benzene rings is 2. The molecule has 0 bridgehead atoms. The third kappa shape index (κ3) is 3.29. The minimum absolute atomic E-state index is 0.0424. The zero-order valence-corrected chi connectivity index (χ0v) is 17.4. The molecule has 0 aliphatic carbocycles. The molecule has 0 atom stereocenters. The predicted octanol–water partition coefficient (Wildman–Crippen LogP) is 3.93. The summed E-state index contributed by atoms with van der Waals surface area (Å²) in [5, 5.41) is 10.2. The Morgan fingerprint density at radius 2 is 1.94 bits per heavy atom. The van der Waals surface area contributed by atoms with E-state index in [2.05, 4.69) is 14.9 Å². The van der Waals surface area contributed by atoms with Gasteiger partial charge >= 0.3 is 5.97 Å². The number of anilines is 1. The topological polar surface area (TPSA) is 103 Å². The molecule has 1 fully saturated rings. The maximum absolute atomic E-state index is 13.1. The molecule has 158 valence electrons. The number of nitrogens with zero attached hydrogens (tertiary/aromatic N) is 3. The number of H-pyrrole nitrogens is 1. The Hall–Kier alpha value is -3.52. The van der Waals surface area contributed by atoms with E-state index in [1.54, 1.807) is 12.1 Å². The Bertz CT molecular complexity index is 1330. The van der Waals surface area contributed by atoms with Crippen LogP contribution < -0.4 is 4.90 Å². The molecular formula is C22H19ClN4O4. The number of aromatic carboxylic acids is 1. The molecule has 3 heterocycles. The van der Waals surface area contributed by atoms with Gasteiger partial charge in [-0.1, -0.05) is 17.7 Å². The van der Waals surface area contributed by atoms with Crippen molar-refractivity contribution < 1.29 is 19.1 Å². The molecule has 1 aliphatic heterocycles. The van der Waals surface area contributed by atoms with Gasteiger partial charge < -0.3 is 24.3 Å². The smallest absolute Gasteiger partial charge is 0.371 e. The first-order valence-corrected chi connectivity index (χ1v) is 10.2. The van der Waals surface area contributed by atoms with Crippen molar-refractivity contribution in [2.24, 2.45) is 0 Å². The van der Waals surface area contributed by atoms with Crippen molar-refractivity contribution in [1.29, 1.82) is 0 Å². The highest BCUT2D eigenvalue weighted by Crippen LogP contribution is 2.36. The number of halogens is 1. The van der Waals surface area contributed by atoms with Gasteiger partial charge in [0.2, 0.25) is 5.76 Å². The van der Waals surface area contributed by atoms with Crippen LogP contribution in [-0.2, 0) is 0 Å². The summed E-state index contributed by atoms with van der Waals surface area (Å²) in [6, 6.07) is 10.6. The number of aromatic amines is 1. The van der Waals surface area contributed by atoms with Gasteiger partial charge in [-0.25, -0.2) is 9.78 Å². The van der Waals surface area contributed by atoms with Crippen LogP contribution in [0.5, 0.6) is 0 Å². The number of para-hydroxylation sites is 1. The van der Waals surface area contributed by atoms with E-state index in [1.807, 2.05) is 30.0 Å². The van der Waals surface area contributed by atoms with Crippen molar-refractivity contribution in [1.82, 2.24) is 14.9 Å². The zero-order chi connectivity index (χ0) is 21.7. The molecule has 8 nitrogen and oxygen atoms in total. The SMILES string of the molecule is Cc1nc2c(C(=O)N3CCN(c4ccc5oc(C(=O)O)cc5c4Cl)CC3)cccc2[nH]1. The highest BCUT2D eigenvalue weighted by Gasteiger charge is 2.26. The third-order valence-corrected chi connectivity index (χ3v) is 5.99. The van der Waals surface area contributed by atoms with Gasteiger partial charge in [0.1, 0.15) is 16.9 Å². The number of carbonyl (C=O) groups is 2. The number of aromatic nitrogens is 2. The van der Waals surface area contributed by atoms with Gasteiger partial charge in [-0.15, -0.1) is 0 Å². The third-order valence-electron chi connectivity index (χ3n) is 5.59. The number of hydrogen-bond donors (Lipinski definition) is 2. The summed E-state index contributed by atoms with van der Waals surface area (Å²) in [6.45, 7) is 4.16. The summed E-state index contributed by atoms with van der Waals surface area (Å²) < 4.78 is 5.32. The monoisotopic (exact) mass is 438 g/mol. The summed E-state index contributed by atoms with van der Waals surface area (Å²) >= 11 is 6.57. The van der Waals surface area contributed by atoms with Crippen LogP contribution in [0.4, 0.5) is 5.69 Å². The van der Waals surface area contributed by atoms with Crippen LogP contribution >= 0.6 is 11.6 Å². The van der Waals surface area contributed by atoms with Gasteiger partial charge in [-0.3, -0.25) is 4.79 Å². The van der Waals surface area contributed by atoms with Crippen LogP contribution in [0.2, 0.25) is 5.02 Å². The number of aryl methyl sites for hydroxylation is 1. The summed E-state index contributed by atoms with van der Waals surface area (Å²) in [7, 11) is 0. The van der Waals surface area contributed by atoms with Gasteiger partial charge in [0, 0.05) is 37.6 Å². The molecule has 4 aromatic rings. The molecule has 0 saturated carbocycles.